The molecule has 1 aliphatic rings. The summed E-state index contributed by atoms with van der Waals surface area (Å²) in [4.78, 5) is 2.08. The molecule has 0 aliphatic carbocycles. The van der Waals surface area contributed by atoms with Gasteiger partial charge in [-0.2, -0.15) is 5.26 Å². The molecule has 2 nitrogen and oxygen atoms in total. The molecule has 12 heavy (non-hydrogen) atoms. The van der Waals surface area contributed by atoms with Crippen molar-refractivity contribution in [2.45, 2.75) is 13.0 Å². The largest absolute Gasteiger partial charge is 0.351 e. The number of nitriles is 1. The highest BCUT2D eigenvalue weighted by atomic mass is 15.3. The Kier molecular flexibility index (Phi) is 1.51. The fourth-order valence-electron chi connectivity index (χ4n) is 1.27. The lowest BCUT2D eigenvalue weighted by Crippen LogP contribution is -1.95. The standard InChI is InChI=1S/C10H10N2/c1-8-2-4-9(5-3-8)12-7-10(12)6-11/h2-5,10H,7H2,1H3. The van der Waals surface area contributed by atoms with Gasteiger partial charge in [0, 0.05) is 5.69 Å². The molecule has 1 heterocycles. The molecule has 0 radical (unpaired) electrons. The molecule has 0 bridgehead atoms. The summed E-state index contributed by atoms with van der Waals surface area (Å²) in [5.74, 6) is 0. The molecule has 2 heteroatoms. The Morgan fingerprint density at radius 3 is 2.58 bits per heavy atom. The van der Waals surface area contributed by atoms with Crippen LogP contribution in [0.15, 0.2) is 24.3 Å². The average molecular weight is 158 g/mol. The maximum Gasteiger partial charge on any atom is 0.134 e. The maximum atomic E-state index is 8.60. The van der Waals surface area contributed by atoms with Gasteiger partial charge in [-0.3, -0.25) is 0 Å². The lowest BCUT2D eigenvalue weighted by Gasteiger charge is -2.01. The smallest absolute Gasteiger partial charge is 0.134 e. The van der Waals surface area contributed by atoms with Gasteiger partial charge in [-0.25, -0.2) is 0 Å². The molecule has 0 aromatic heterocycles. The molecule has 1 atom stereocenters. The fourth-order valence-corrected chi connectivity index (χ4v) is 1.27. The van der Waals surface area contributed by atoms with Gasteiger partial charge in [0.1, 0.15) is 6.04 Å². The molecule has 0 N–H and O–H groups in total. The zero-order valence-electron chi connectivity index (χ0n) is 6.99. The van der Waals surface area contributed by atoms with E-state index in [1.807, 2.05) is 0 Å². The lowest BCUT2D eigenvalue weighted by molar-refractivity contribution is 1.25. The third-order valence-electron chi connectivity index (χ3n) is 2.13. The zero-order valence-corrected chi connectivity index (χ0v) is 6.99. The molecule has 1 unspecified atom stereocenters. The van der Waals surface area contributed by atoms with Gasteiger partial charge in [0.15, 0.2) is 0 Å². The Morgan fingerprint density at radius 1 is 1.42 bits per heavy atom. The second kappa shape index (κ2) is 2.53. The molecular weight excluding hydrogens is 148 g/mol. The zero-order chi connectivity index (χ0) is 8.55. The summed E-state index contributed by atoms with van der Waals surface area (Å²) in [6.07, 6.45) is 0. The van der Waals surface area contributed by atoms with Crippen LogP contribution in [0.4, 0.5) is 5.69 Å². The number of benzene rings is 1. The highest BCUT2D eigenvalue weighted by molar-refractivity contribution is 5.56. The molecule has 0 amide bonds. The Morgan fingerprint density at radius 2 is 2.08 bits per heavy atom. The first-order valence-electron chi connectivity index (χ1n) is 4.04. The van der Waals surface area contributed by atoms with E-state index in [9.17, 15) is 0 Å². The minimum absolute atomic E-state index is 0.118. The summed E-state index contributed by atoms with van der Waals surface area (Å²) in [5, 5.41) is 8.60. The number of hydrogen-bond donors (Lipinski definition) is 0. The van der Waals surface area contributed by atoms with Gasteiger partial charge in [0.05, 0.1) is 12.6 Å². The van der Waals surface area contributed by atoms with Crippen molar-refractivity contribution in [3.63, 3.8) is 0 Å². The Bertz CT molecular complexity index is 321. The highest BCUT2D eigenvalue weighted by Gasteiger charge is 2.33. The van der Waals surface area contributed by atoms with Gasteiger partial charge in [-0.05, 0) is 19.1 Å². The van der Waals surface area contributed by atoms with Gasteiger partial charge >= 0.3 is 0 Å². The Hall–Kier alpha value is -1.49. The minimum atomic E-state index is 0.118. The highest BCUT2D eigenvalue weighted by Crippen LogP contribution is 2.26. The van der Waals surface area contributed by atoms with E-state index in [1.165, 1.54) is 5.56 Å². The van der Waals surface area contributed by atoms with E-state index in [-0.39, 0.29) is 6.04 Å². The molecule has 1 aliphatic heterocycles. The molecule has 1 fully saturated rings. The van der Waals surface area contributed by atoms with E-state index in [0.717, 1.165) is 12.2 Å². The lowest BCUT2D eigenvalue weighted by atomic mass is 10.2. The number of aryl methyl sites for hydroxylation is 1. The SMILES string of the molecule is Cc1ccc(N2CC2C#N)cc1. The van der Waals surface area contributed by atoms with Crippen molar-refractivity contribution in [2.75, 3.05) is 11.4 Å². The van der Waals surface area contributed by atoms with Crippen molar-refractivity contribution < 1.29 is 0 Å². The van der Waals surface area contributed by atoms with Crippen LogP contribution in [0.3, 0.4) is 0 Å². The predicted octanol–water partition coefficient (Wildman–Crippen LogP) is 1.71. The van der Waals surface area contributed by atoms with Crippen LogP contribution in [-0.2, 0) is 0 Å². The number of anilines is 1. The molecule has 1 saturated heterocycles. The van der Waals surface area contributed by atoms with Crippen LogP contribution in [0.25, 0.3) is 0 Å². The van der Waals surface area contributed by atoms with Gasteiger partial charge in [0.2, 0.25) is 0 Å². The molecule has 60 valence electrons. The van der Waals surface area contributed by atoms with Crippen LogP contribution < -0.4 is 4.90 Å². The van der Waals surface area contributed by atoms with Gasteiger partial charge < -0.3 is 4.90 Å². The van der Waals surface area contributed by atoms with Crippen LogP contribution >= 0.6 is 0 Å². The van der Waals surface area contributed by atoms with E-state index in [0.29, 0.717) is 0 Å². The number of hydrogen-bond acceptors (Lipinski definition) is 2. The van der Waals surface area contributed by atoms with Crippen molar-refractivity contribution >= 4 is 5.69 Å². The van der Waals surface area contributed by atoms with E-state index >= 15 is 0 Å². The summed E-state index contributed by atoms with van der Waals surface area (Å²) in [7, 11) is 0. The summed E-state index contributed by atoms with van der Waals surface area (Å²) >= 11 is 0. The average Bonchev–Trinajstić information content (AvgIpc) is 2.85. The first-order valence-corrected chi connectivity index (χ1v) is 4.04. The van der Waals surface area contributed by atoms with E-state index in [1.54, 1.807) is 0 Å². The molecule has 1 aromatic carbocycles. The quantitative estimate of drug-likeness (QED) is 0.582. The van der Waals surface area contributed by atoms with Crippen molar-refractivity contribution in [2.24, 2.45) is 0 Å². The van der Waals surface area contributed by atoms with Gasteiger partial charge in [-0.15, -0.1) is 0 Å². The number of rotatable bonds is 1. The topological polar surface area (TPSA) is 26.8 Å². The molecule has 0 saturated carbocycles. The summed E-state index contributed by atoms with van der Waals surface area (Å²) < 4.78 is 0. The van der Waals surface area contributed by atoms with Crippen molar-refractivity contribution in [1.82, 2.24) is 0 Å². The second-order valence-electron chi connectivity index (χ2n) is 3.13. The van der Waals surface area contributed by atoms with Gasteiger partial charge in [0.25, 0.3) is 0 Å². The third kappa shape index (κ3) is 1.14. The van der Waals surface area contributed by atoms with E-state index < -0.39 is 0 Å². The van der Waals surface area contributed by atoms with Crippen LogP contribution in [-0.4, -0.2) is 12.6 Å². The van der Waals surface area contributed by atoms with E-state index in [4.69, 9.17) is 5.26 Å². The Labute approximate surface area is 72.0 Å². The normalized spacial score (nSPS) is 20.3. The van der Waals surface area contributed by atoms with E-state index in [2.05, 4.69) is 42.2 Å². The molecule has 1 aromatic rings. The maximum absolute atomic E-state index is 8.60. The molecule has 0 spiro atoms. The van der Waals surface area contributed by atoms with Crippen LogP contribution in [0, 0.1) is 18.3 Å². The molecular formula is C10H10N2. The van der Waals surface area contributed by atoms with Crippen molar-refractivity contribution in [3.8, 4) is 6.07 Å². The van der Waals surface area contributed by atoms with Crippen LogP contribution in [0.1, 0.15) is 5.56 Å². The van der Waals surface area contributed by atoms with Crippen molar-refractivity contribution in [3.05, 3.63) is 29.8 Å². The summed E-state index contributed by atoms with van der Waals surface area (Å²) in [5.41, 5.74) is 2.42. The Balaban J connectivity index is 2.17. The van der Waals surface area contributed by atoms with Gasteiger partial charge in [-0.1, -0.05) is 17.7 Å². The minimum Gasteiger partial charge on any atom is -0.351 e. The van der Waals surface area contributed by atoms with Crippen LogP contribution in [0.5, 0.6) is 0 Å². The van der Waals surface area contributed by atoms with Crippen molar-refractivity contribution in [1.29, 1.82) is 5.26 Å². The molecule has 2 rings (SSSR count). The number of nitrogens with zero attached hydrogens (tertiary/aromatic N) is 2. The monoisotopic (exact) mass is 158 g/mol. The summed E-state index contributed by atoms with van der Waals surface area (Å²) in [6, 6.07) is 10.6. The predicted molar refractivity (Wildman–Crippen MR) is 47.9 cm³/mol. The second-order valence-corrected chi connectivity index (χ2v) is 3.13. The first-order chi connectivity index (χ1) is 5.81. The summed E-state index contributed by atoms with van der Waals surface area (Å²) in [6.45, 7) is 2.95. The first kappa shape index (κ1) is 7.17. The van der Waals surface area contributed by atoms with Crippen LogP contribution in [0.2, 0.25) is 0 Å². The fraction of sp³-hybridized carbons (Fsp3) is 0.300. The third-order valence-corrected chi connectivity index (χ3v) is 2.13.